The minimum atomic E-state index is -3.79. The number of halogens is 1. The Balaban J connectivity index is 1.91. The van der Waals surface area contributed by atoms with E-state index in [2.05, 4.69) is 20.7 Å². The Morgan fingerprint density at radius 3 is 2.41 bits per heavy atom. The molecule has 3 rings (SSSR count). The largest absolute Gasteiger partial charge is 0.280 e. The van der Waals surface area contributed by atoms with Gasteiger partial charge in [0, 0.05) is 16.7 Å². The van der Waals surface area contributed by atoms with Crippen LogP contribution in [0.2, 0.25) is 0 Å². The van der Waals surface area contributed by atoms with E-state index >= 15 is 0 Å². The molecule has 0 amide bonds. The average Bonchev–Trinajstić information content (AvgIpc) is 2.57. The van der Waals surface area contributed by atoms with Crippen molar-refractivity contribution >= 4 is 47.4 Å². The second-order valence-electron chi connectivity index (χ2n) is 6.61. The van der Waals surface area contributed by atoms with Gasteiger partial charge < -0.3 is 0 Å². The summed E-state index contributed by atoms with van der Waals surface area (Å²) in [4.78, 5) is 0.123. The van der Waals surface area contributed by atoms with E-state index in [1.165, 1.54) is 10.4 Å². The summed E-state index contributed by atoms with van der Waals surface area (Å²) in [6.07, 6.45) is 1.45. The maximum absolute atomic E-state index is 12.8. The van der Waals surface area contributed by atoms with Gasteiger partial charge in [-0.15, -0.1) is 0 Å². The van der Waals surface area contributed by atoms with E-state index in [0.29, 0.717) is 29.9 Å². The van der Waals surface area contributed by atoms with Crippen LogP contribution in [0.5, 0.6) is 0 Å². The number of anilines is 2. The van der Waals surface area contributed by atoms with Gasteiger partial charge in [-0.2, -0.15) is 0 Å². The van der Waals surface area contributed by atoms with Crippen molar-refractivity contribution in [2.75, 3.05) is 21.3 Å². The monoisotopic (exact) mass is 472 g/mol. The summed E-state index contributed by atoms with van der Waals surface area (Å²) in [5, 5.41) is 0. The lowest BCUT2D eigenvalue weighted by Gasteiger charge is -2.28. The molecule has 6 nitrogen and oxygen atoms in total. The van der Waals surface area contributed by atoms with Crippen molar-refractivity contribution in [1.82, 2.24) is 0 Å². The fourth-order valence-electron chi connectivity index (χ4n) is 3.04. The number of benzene rings is 2. The highest BCUT2D eigenvalue weighted by Gasteiger charge is 2.27. The van der Waals surface area contributed by atoms with Crippen LogP contribution in [0.1, 0.15) is 24.0 Å². The molecule has 0 bridgehead atoms. The maximum atomic E-state index is 12.8. The standard InChI is InChI=1S/C18H21BrN2O4S2/c1-13-5-6-15(12-17(13)19)20-27(24,25)18-8-7-16(11-14(18)2)21-9-3-4-10-26(21,22)23/h5-8,11-12,20H,3-4,9-10H2,1-2H3. The summed E-state index contributed by atoms with van der Waals surface area (Å²) < 4.78 is 54.8. The smallest absolute Gasteiger partial charge is 0.262 e. The number of hydrogen-bond acceptors (Lipinski definition) is 4. The van der Waals surface area contributed by atoms with Crippen LogP contribution in [-0.2, 0) is 20.0 Å². The fraction of sp³-hybridized carbons (Fsp3) is 0.333. The van der Waals surface area contributed by atoms with E-state index in [0.717, 1.165) is 16.5 Å². The van der Waals surface area contributed by atoms with Gasteiger partial charge in [0.2, 0.25) is 10.0 Å². The molecule has 0 atom stereocenters. The summed E-state index contributed by atoms with van der Waals surface area (Å²) >= 11 is 3.39. The maximum Gasteiger partial charge on any atom is 0.262 e. The zero-order chi connectivity index (χ0) is 19.8. The van der Waals surface area contributed by atoms with Gasteiger partial charge in [0.1, 0.15) is 0 Å². The molecule has 2 aromatic carbocycles. The van der Waals surface area contributed by atoms with Crippen molar-refractivity contribution in [3.05, 3.63) is 52.0 Å². The van der Waals surface area contributed by atoms with Crippen LogP contribution >= 0.6 is 15.9 Å². The summed E-state index contributed by atoms with van der Waals surface area (Å²) in [6, 6.07) is 9.84. The third-order valence-corrected chi connectivity index (χ3v) is 8.77. The van der Waals surface area contributed by atoms with Crippen molar-refractivity contribution in [1.29, 1.82) is 0 Å². The van der Waals surface area contributed by atoms with Gasteiger partial charge in [0.15, 0.2) is 0 Å². The Hall–Kier alpha value is -1.58. The third kappa shape index (κ3) is 4.30. The fourth-order valence-corrected chi connectivity index (χ4v) is 6.32. The van der Waals surface area contributed by atoms with Gasteiger partial charge in [0.05, 0.1) is 16.3 Å². The van der Waals surface area contributed by atoms with E-state index in [4.69, 9.17) is 0 Å². The van der Waals surface area contributed by atoms with Crippen molar-refractivity contribution in [2.45, 2.75) is 31.6 Å². The number of hydrogen-bond donors (Lipinski definition) is 1. The lowest BCUT2D eigenvalue weighted by atomic mass is 10.2. The van der Waals surface area contributed by atoms with E-state index in [9.17, 15) is 16.8 Å². The lowest BCUT2D eigenvalue weighted by molar-refractivity contribution is 0.574. The predicted octanol–water partition coefficient (Wildman–Crippen LogP) is 3.80. The highest BCUT2D eigenvalue weighted by atomic mass is 79.9. The molecule has 1 aliphatic heterocycles. The molecule has 1 saturated heterocycles. The molecule has 146 valence electrons. The second-order valence-corrected chi connectivity index (χ2v) is 11.1. The van der Waals surface area contributed by atoms with Crippen LogP contribution in [0.15, 0.2) is 45.8 Å². The van der Waals surface area contributed by atoms with E-state index < -0.39 is 20.0 Å². The first-order valence-electron chi connectivity index (χ1n) is 8.50. The van der Waals surface area contributed by atoms with Gasteiger partial charge in [-0.1, -0.05) is 22.0 Å². The van der Waals surface area contributed by atoms with Crippen molar-refractivity contribution in [3.63, 3.8) is 0 Å². The number of sulfonamides is 2. The molecular weight excluding hydrogens is 452 g/mol. The van der Waals surface area contributed by atoms with Crippen LogP contribution in [0, 0.1) is 13.8 Å². The Morgan fingerprint density at radius 1 is 1.04 bits per heavy atom. The summed E-state index contributed by atoms with van der Waals surface area (Å²) in [6.45, 7) is 4.00. The second kappa shape index (κ2) is 7.44. The third-order valence-electron chi connectivity index (χ3n) is 4.51. The quantitative estimate of drug-likeness (QED) is 0.733. The average molecular weight is 473 g/mol. The molecule has 0 aromatic heterocycles. The van der Waals surface area contributed by atoms with Crippen LogP contribution in [0.4, 0.5) is 11.4 Å². The van der Waals surface area contributed by atoms with Gasteiger partial charge in [-0.05, 0) is 68.1 Å². The van der Waals surface area contributed by atoms with Crippen LogP contribution in [0.3, 0.4) is 0 Å². The normalized spacial score (nSPS) is 16.9. The highest BCUT2D eigenvalue weighted by molar-refractivity contribution is 9.10. The molecule has 27 heavy (non-hydrogen) atoms. The van der Waals surface area contributed by atoms with Crippen LogP contribution in [0.25, 0.3) is 0 Å². The first kappa shape index (κ1) is 20.2. The first-order chi connectivity index (χ1) is 12.6. The number of nitrogens with zero attached hydrogens (tertiary/aromatic N) is 1. The molecule has 1 heterocycles. The number of nitrogens with one attached hydrogen (secondary N) is 1. The SMILES string of the molecule is Cc1ccc(NS(=O)(=O)c2ccc(N3CCCCS3(=O)=O)cc2C)cc1Br. The van der Waals surface area contributed by atoms with E-state index in [1.807, 2.05) is 13.0 Å². The van der Waals surface area contributed by atoms with Crippen molar-refractivity contribution in [3.8, 4) is 0 Å². The molecule has 0 saturated carbocycles. The number of aryl methyl sites for hydroxylation is 2. The zero-order valence-electron chi connectivity index (χ0n) is 15.1. The minimum absolute atomic E-state index is 0.121. The molecule has 1 N–H and O–H groups in total. The van der Waals surface area contributed by atoms with Crippen LogP contribution in [-0.4, -0.2) is 29.1 Å². The van der Waals surface area contributed by atoms with Gasteiger partial charge in [0.25, 0.3) is 10.0 Å². The summed E-state index contributed by atoms with van der Waals surface area (Å²) in [5.41, 5.74) is 2.45. The molecule has 1 fully saturated rings. The molecule has 9 heteroatoms. The van der Waals surface area contributed by atoms with E-state index in [-0.39, 0.29) is 10.6 Å². The molecule has 0 spiro atoms. The topological polar surface area (TPSA) is 83.6 Å². The molecule has 2 aromatic rings. The number of rotatable bonds is 4. The van der Waals surface area contributed by atoms with E-state index in [1.54, 1.807) is 31.2 Å². The lowest BCUT2D eigenvalue weighted by Crippen LogP contribution is -2.37. The predicted molar refractivity (Wildman–Crippen MR) is 111 cm³/mol. The molecule has 0 aliphatic carbocycles. The van der Waals surface area contributed by atoms with Gasteiger partial charge >= 0.3 is 0 Å². The zero-order valence-corrected chi connectivity index (χ0v) is 18.3. The Bertz CT molecular complexity index is 1080. The molecule has 0 unspecified atom stereocenters. The molecule has 0 radical (unpaired) electrons. The van der Waals surface area contributed by atoms with Gasteiger partial charge in [-0.3, -0.25) is 9.03 Å². The van der Waals surface area contributed by atoms with Crippen molar-refractivity contribution < 1.29 is 16.8 Å². The molecule has 1 aliphatic rings. The van der Waals surface area contributed by atoms with Crippen LogP contribution < -0.4 is 9.03 Å². The summed E-state index contributed by atoms with van der Waals surface area (Å²) in [7, 11) is -7.12. The molecular formula is C18H21BrN2O4S2. The Morgan fingerprint density at radius 2 is 1.78 bits per heavy atom. The Kier molecular flexibility index (Phi) is 5.56. The summed E-state index contributed by atoms with van der Waals surface area (Å²) in [5.74, 6) is 0.121. The highest BCUT2D eigenvalue weighted by Crippen LogP contribution is 2.29. The van der Waals surface area contributed by atoms with Gasteiger partial charge in [-0.25, -0.2) is 16.8 Å². The first-order valence-corrected chi connectivity index (χ1v) is 12.4. The Labute approximate surface area is 168 Å². The minimum Gasteiger partial charge on any atom is -0.280 e. The van der Waals surface area contributed by atoms with Crippen molar-refractivity contribution in [2.24, 2.45) is 0 Å².